The number of ether oxygens (including phenoxy) is 1. The number of carbonyl (C=O) groups is 2. The van der Waals surface area contributed by atoms with E-state index in [0.29, 0.717) is 11.6 Å². The summed E-state index contributed by atoms with van der Waals surface area (Å²) in [6.07, 6.45) is 5.64. The number of amides is 2. The van der Waals surface area contributed by atoms with E-state index in [-0.39, 0.29) is 24.3 Å². The maximum absolute atomic E-state index is 13.3. The first kappa shape index (κ1) is 23.1. The summed E-state index contributed by atoms with van der Waals surface area (Å²) in [6, 6.07) is 14.5. The molecule has 1 aliphatic carbocycles. The lowest BCUT2D eigenvalue weighted by atomic mass is 9.95. The summed E-state index contributed by atoms with van der Waals surface area (Å²) in [5.41, 5.74) is 1.66. The number of methoxy groups -OCH3 is 1. The van der Waals surface area contributed by atoms with Crippen LogP contribution in [0.15, 0.2) is 48.5 Å². The summed E-state index contributed by atoms with van der Waals surface area (Å²) in [4.78, 5) is 28.0. The van der Waals surface area contributed by atoms with E-state index >= 15 is 0 Å². The van der Waals surface area contributed by atoms with Crippen molar-refractivity contribution >= 4 is 23.4 Å². The molecule has 0 spiro atoms. The fourth-order valence-electron chi connectivity index (χ4n) is 4.03. The highest BCUT2D eigenvalue weighted by Crippen LogP contribution is 2.21. The van der Waals surface area contributed by atoms with Crippen molar-refractivity contribution in [1.29, 1.82) is 0 Å². The highest BCUT2D eigenvalue weighted by Gasteiger charge is 2.28. The van der Waals surface area contributed by atoms with Crippen molar-refractivity contribution in [3.8, 4) is 5.75 Å². The normalized spacial score (nSPS) is 15.2. The topological polar surface area (TPSA) is 58.6 Å². The summed E-state index contributed by atoms with van der Waals surface area (Å²) in [5, 5.41) is 3.71. The minimum Gasteiger partial charge on any atom is -0.497 e. The standard InChI is InChI=1S/C25H31ClN2O3/c1-18(25(30)27-21-11-4-3-5-12-21)28(17-19-9-8-13-22(15-19)31-2)24(29)16-20-10-6-7-14-23(20)26/h6-10,13-15,18,21H,3-5,11-12,16-17H2,1-2H3,(H,27,30)/t18-/m1/s1. The minimum atomic E-state index is -0.594. The predicted octanol–water partition coefficient (Wildman–Crippen LogP) is 4.76. The van der Waals surface area contributed by atoms with Crippen LogP contribution in [0.3, 0.4) is 0 Å². The largest absolute Gasteiger partial charge is 0.497 e. The number of carbonyl (C=O) groups excluding carboxylic acids is 2. The Kier molecular flexibility index (Phi) is 8.35. The van der Waals surface area contributed by atoms with Gasteiger partial charge in [-0.15, -0.1) is 0 Å². The monoisotopic (exact) mass is 442 g/mol. The van der Waals surface area contributed by atoms with Gasteiger partial charge < -0.3 is 15.0 Å². The molecule has 1 atom stereocenters. The molecule has 3 rings (SSSR count). The third-order valence-electron chi connectivity index (χ3n) is 5.91. The number of hydrogen-bond donors (Lipinski definition) is 1. The molecule has 0 radical (unpaired) electrons. The number of nitrogens with zero attached hydrogens (tertiary/aromatic N) is 1. The van der Waals surface area contributed by atoms with E-state index in [2.05, 4.69) is 5.32 Å². The molecule has 2 amide bonds. The van der Waals surface area contributed by atoms with Crippen LogP contribution in [-0.2, 0) is 22.6 Å². The average molecular weight is 443 g/mol. The van der Waals surface area contributed by atoms with Crippen LogP contribution >= 0.6 is 11.6 Å². The van der Waals surface area contributed by atoms with Crippen LogP contribution in [0.25, 0.3) is 0 Å². The molecule has 2 aromatic rings. The summed E-state index contributed by atoms with van der Waals surface area (Å²) in [7, 11) is 1.61. The van der Waals surface area contributed by atoms with Gasteiger partial charge in [0.2, 0.25) is 11.8 Å². The Hall–Kier alpha value is -2.53. The molecule has 0 saturated heterocycles. The molecule has 0 bridgehead atoms. The van der Waals surface area contributed by atoms with Crippen molar-refractivity contribution in [1.82, 2.24) is 10.2 Å². The zero-order valence-corrected chi connectivity index (χ0v) is 19.0. The van der Waals surface area contributed by atoms with Crippen LogP contribution in [-0.4, -0.2) is 35.9 Å². The highest BCUT2D eigenvalue weighted by molar-refractivity contribution is 6.31. The van der Waals surface area contributed by atoms with Crippen molar-refractivity contribution in [3.05, 3.63) is 64.7 Å². The zero-order chi connectivity index (χ0) is 22.2. The van der Waals surface area contributed by atoms with E-state index in [1.165, 1.54) is 6.42 Å². The Labute approximate surface area is 189 Å². The molecule has 0 aliphatic heterocycles. The lowest BCUT2D eigenvalue weighted by Crippen LogP contribution is -2.50. The number of benzene rings is 2. The smallest absolute Gasteiger partial charge is 0.242 e. The quantitative estimate of drug-likeness (QED) is 0.641. The SMILES string of the molecule is COc1cccc(CN(C(=O)Cc2ccccc2Cl)[C@H](C)C(=O)NC2CCCCC2)c1. The summed E-state index contributed by atoms with van der Waals surface area (Å²) in [6.45, 7) is 2.11. The molecule has 1 fully saturated rings. The second-order valence-corrected chi connectivity index (χ2v) is 8.57. The van der Waals surface area contributed by atoms with Gasteiger partial charge in [-0.3, -0.25) is 9.59 Å². The molecule has 166 valence electrons. The number of hydrogen-bond acceptors (Lipinski definition) is 3. The minimum absolute atomic E-state index is 0.109. The second kappa shape index (κ2) is 11.2. The van der Waals surface area contributed by atoms with Gasteiger partial charge in [0.15, 0.2) is 0 Å². The van der Waals surface area contributed by atoms with Gasteiger partial charge in [-0.05, 0) is 49.1 Å². The lowest BCUT2D eigenvalue weighted by molar-refractivity contribution is -0.140. The first-order valence-electron chi connectivity index (χ1n) is 10.9. The van der Waals surface area contributed by atoms with Gasteiger partial charge in [0.1, 0.15) is 11.8 Å². The third kappa shape index (κ3) is 6.47. The van der Waals surface area contributed by atoms with Crippen molar-refractivity contribution in [2.24, 2.45) is 0 Å². The zero-order valence-electron chi connectivity index (χ0n) is 18.3. The van der Waals surface area contributed by atoms with Gasteiger partial charge >= 0.3 is 0 Å². The summed E-state index contributed by atoms with van der Waals surface area (Å²) in [5.74, 6) is 0.472. The van der Waals surface area contributed by atoms with Crippen LogP contribution in [0, 0.1) is 0 Å². The number of halogens is 1. The van der Waals surface area contributed by atoms with Crippen molar-refractivity contribution in [2.75, 3.05) is 7.11 Å². The number of nitrogens with one attached hydrogen (secondary N) is 1. The van der Waals surface area contributed by atoms with E-state index in [9.17, 15) is 9.59 Å². The molecule has 5 nitrogen and oxygen atoms in total. The van der Waals surface area contributed by atoms with Gasteiger partial charge in [0, 0.05) is 17.6 Å². The van der Waals surface area contributed by atoms with Crippen LogP contribution in [0.5, 0.6) is 5.75 Å². The molecule has 1 N–H and O–H groups in total. The molecule has 6 heteroatoms. The van der Waals surface area contributed by atoms with Crippen molar-refractivity contribution in [3.63, 3.8) is 0 Å². The first-order valence-corrected chi connectivity index (χ1v) is 11.3. The van der Waals surface area contributed by atoms with Crippen molar-refractivity contribution in [2.45, 2.75) is 64.1 Å². The van der Waals surface area contributed by atoms with Crippen LogP contribution in [0.4, 0.5) is 0 Å². The summed E-state index contributed by atoms with van der Waals surface area (Å²) >= 11 is 6.28. The predicted molar refractivity (Wildman–Crippen MR) is 123 cm³/mol. The number of rotatable bonds is 8. The fraction of sp³-hybridized carbons (Fsp3) is 0.440. The molecule has 0 unspecified atom stereocenters. The van der Waals surface area contributed by atoms with Crippen LogP contribution < -0.4 is 10.1 Å². The molecule has 0 heterocycles. The first-order chi connectivity index (χ1) is 15.0. The Balaban J connectivity index is 1.78. The van der Waals surface area contributed by atoms with Gasteiger partial charge in [-0.25, -0.2) is 0 Å². The van der Waals surface area contributed by atoms with E-state index in [0.717, 1.165) is 42.6 Å². The molecular formula is C25H31ClN2O3. The third-order valence-corrected chi connectivity index (χ3v) is 6.27. The molecular weight excluding hydrogens is 412 g/mol. The van der Waals surface area contributed by atoms with E-state index in [1.54, 1.807) is 25.0 Å². The Morgan fingerprint density at radius 2 is 1.87 bits per heavy atom. The Bertz CT molecular complexity index is 896. The molecule has 1 saturated carbocycles. The average Bonchev–Trinajstić information content (AvgIpc) is 2.79. The molecule has 0 aromatic heterocycles. The maximum Gasteiger partial charge on any atom is 0.242 e. The van der Waals surface area contributed by atoms with Crippen LogP contribution in [0.2, 0.25) is 5.02 Å². The van der Waals surface area contributed by atoms with Crippen LogP contribution in [0.1, 0.15) is 50.2 Å². The second-order valence-electron chi connectivity index (χ2n) is 8.16. The van der Waals surface area contributed by atoms with Gasteiger partial charge in [0.25, 0.3) is 0 Å². The fourth-order valence-corrected chi connectivity index (χ4v) is 4.23. The Morgan fingerprint density at radius 1 is 1.13 bits per heavy atom. The van der Waals surface area contributed by atoms with E-state index < -0.39 is 6.04 Å². The lowest BCUT2D eigenvalue weighted by Gasteiger charge is -2.31. The molecule has 1 aliphatic rings. The highest BCUT2D eigenvalue weighted by atomic mass is 35.5. The van der Waals surface area contributed by atoms with E-state index in [4.69, 9.17) is 16.3 Å². The van der Waals surface area contributed by atoms with Crippen molar-refractivity contribution < 1.29 is 14.3 Å². The maximum atomic E-state index is 13.3. The van der Waals surface area contributed by atoms with Gasteiger partial charge in [0.05, 0.1) is 13.5 Å². The van der Waals surface area contributed by atoms with Gasteiger partial charge in [-0.2, -0.15) is 0 Å². The molecule has 2 aromatic carbocycles. The van der Waals surface area contributed by atoms with E-state index in [1.807, 2.05) is 42.5 Å². The molecule has 31 heavy (non-hydrogen) atoms. The van der Waals surface area contributed by atoms with Gasteiger partial charge in [-0.1, -0.05) is 61.2 Å². The Morgan fingerprint density at radius 3 is 2.58 bits per heavy atom. The summed E-state index contributed by atoms with van der Waals surface area (Å²) < 4.78 is 5.32.